The van der Waals surface area contributed by atoms with Gasteiger partial charge in [0.15, 0.2) is 0 Å². The summed E-state index contributed by atoms with van der Waals surface area (Å²) in [6.45, 7) is 11.2. The Morgan fingerprint density at radius 3 is 2.00 bits per heavy atom. The number of anilines is 1. The van der Waals surface area contributed by atoms with E-state index in [-0.39, 0.29) is 25.0 Å². The minimum atomic E-state index is -3.76. The second-order valence-corrected chi connectivity index (χ2v) is 11.1. The second kappa shape index (κ2) is 12.2. The Hall–Kier alpha value is -2.87. The standard InChI is InChI=1S/C27H39N3O4S/c1-8-22(6)28-27(32)24(9-2)29(17-23-16-11-10-13-19(23)3)25(31)18-30(35(7,33)34)26-20(4)14-12-15-21(26)5/h10-16,22,24H,8-9,17-18H2,1-7H3,(H,28,32)/t22-,24+/m1/s1. The van der Waals surface area contributed by atoms with Gasteiger partial charge in [-0.15, -0.1) is 0 Å². The summed E-state index contributed by atoms with van der Waals surface area (Å²) >= 11 is 0. The first-order chi connectivity index (χ1) is 16.4. The number of nitrogens with one attached hydrogen (secondary N) is 1. The molecule has 8 heteroatoms. The molecular weight excluding hydrogens is 462 g/mol. The van der Waals surface area contributed by atoms with E-state index in [1.807, 2.05) is 84.0 Å². The lowest BCUT2D eigenvalue weighted by Gasteiger charge is -2.34. The molecule has 0 aliphatic carbocycles. The summed E-state index contributed by atoms with van der Waals surface area (Å²) in [6, 6.07) is 12.4. The van der Waals surface area contributed by atoms with Crippen LogP contribution in [-0.2, 0) is 26.2 Å². The van der Waals surface area contributed by atoms with E-state index in [2.05, 4.69) is 5.32 Å². The maximum Gasteiger partial charge on any atom is 0.244 e. The predicted molar refractivity (Wildman–Crippen MR) is 142 cm³/mol. The molecule has 0 spiro atoms. The van der Waals surface area contributed by atoms with E-state index in [4.69, 9.17) is 0 Å². The van der Waals surface area contributed by atoms with E-state index >= 15 is 0 Å². The van der Waals surface area contributed by atoms with Crippen molar-refractivity contribution in [2.75, 3.05) is 17.1 Å². The fourth-order valence-electron chi connectivity index (χ4n) is 4.11. The average Bonchev–Trinajstić information content (AvgIpc) is 2.78. The van der Waals surface area contributed by atoms with Crippen molar-refractivity contribution in [3.63, 3.8) is 0 Å². The van der Waals surface area contributed by atoms with Crippen LogP contribution >= 0.6 is 0 Å². The summed E-state index contributed by atoms with van der Waals surface area (Å²) in [4.78, 5) is 28.5. The Labute approximate surface area is 210 Å². The fourth-order valence-corrected chi connectivity index (χ4v) is 5.07. The van der Waals surface area contributed by atoms with Crippen LogP contribution in [0.25, 0.3) is 0 Å². The van der Waals surface area contributed by atoms with Gasteiger partial charge in [0.25, 0.3) is 0 Å². The van der Waals surface area contributed by atoms with Crippen LogP contribution in [0.4, 0.5) is 5.69 Å². The minimum absolute atomic E-state index is 0.0332. The predicted octanol–water partition coefficient (Wildman–Crippen LogP) is 4.10. The van der Waals surface area contributed by atoms with Gasteiger partial charge in [0.1, 0.15) is 12.6 Å². The zero-order valence-electron chi connectivity index (χ0n) is 22.0. The van der Waals surface area contributed by atoms with Gasteiger partial charge in [0.05, 0.1) is 11.9 Å². The maximum atomic E-state index is 13.8. The highest BCUT2D eigenvalue weighted by molar-refractivity contribution is 7.92. The summed E-state index contributed by atoms with van der Waals surface area (Å²) in [5.41, 5.74) is 3.92. The summed E-state index contributed by atoms with van der Waals surface area (Å²) in [5.74, 6) is -0.658. The largest absolute Gasteiger partial charge is 0.352 e. The Bertz CT molecular complexity index is 1130. The molecule has 2 amide bonds. The van der Waals surface area contributed by atoms with Crippen LogP contribution < -0.4 is 9.62 Å². The molecule has 192 valence electrons. The Balaban J connectivity index is 2.51. The highest BCUT2D eigenvalue weighted by atomic mass is 32.2. The number of aryl methyl sites for hydroxylation is 3. The van der Waals surface area contributed by atoms with Gasteiger partial charge in [-0.2, -0.15) is 0 Å². The van der Waals surface area contributed by atoms with E-state index in [1.54, 1.807) is 0 Å². The smallest absolute Gasteiger partial charge is 0.244 e. The zero-order valence-corrected chi connectivity index (χ0v) is 22.8. The van der Waals surface area contributed by atoms with Crippen LogP contribution in [0.2, 0.25) is 0 Å². The molecule has 0 heterocycles. The molecule has 2 aromatic rings. The fraction of sp³-hybridized carbons (Fsp3) is 0.481. The van der Waals surface area contributed by atoms with E-state index in [0.717, 1.165) is 39.2 Å². The molecule has 1 N–H and O–H groups in total. The number of hydrogen-bond donors (Lipinski definition) is 1. The SMILES string of the molecule is CC[C@@H](C)NC(=O)[C@H](CC)N(Cc1ccccc1C)C(=O)CN(c1c(C)cccc1C)S(C)(=O)=O. The van der Waals surface area contributed by atoms with Crippen molar-refractivity contribution in [2.24, 2.45) is 0 Å². The number of carbonyl (C=O) groups is 2. The van der Waals surface area contributed by atoms with E-state index < -0.39 is 22.0 Å². The molecule has 0 bridgehead atoms. The molecule has 0 unspecified atom stereocenters. The molecule has 2 atom stereocenters. The summed E-state index contributed by atoms with van der Waals surface area (Å²) < 4.78 is 26.8. The summed E-state index contributed by atoms with van der Waals surface area (Å²) in [7, 11) is -3.76. The number of para-hydroxylation sites is 1. The summed E-state index contributed by atoms with van der Waals surface area (Å²) in [5, 5.41) is 2.99. The first kappa shape index (κ1) is 28.4. The maximum absolute atomic E-state index is 13.8. The molecule has 0 fully saturated rings. The lowest BCUT2D eigenvalue weighted by Crippen LogP contribution is -2.53. The van der Waals surface area contributed by atoms with Crippen molar-refractivity contribution < 1.29 is 18.0 Å². The van der Waals surface area contributed by atoms with E-state index in [1.165, 1.54) is 4.90 Å². The lowest BCUT2D eigenvalue weighted by atomic mass is 10.1. The minimum Gasteiger partial charge on any atom is -0.352 e. The van der Waals surface area contributed by atoms with E-state index in [0.29, 0.717) is 12.1 Å². The van der Waals surface area contributed by atoms with Crippen LogP contribution in [0.1, 0.15) is 55.9 Å². The number of sulfonamides is 1. The Kier molecular flexibility index (Phi) is 9.89. The van der Waals surface area contributed by atoms with Gasteiger partial charge in [-0.05, 0) is 62.8 Å². The first-order valence-electron chi connectivity index (χ1n) is 12.1. The molecule has 0 aliphatic heterocycles. The van der Waals surface area contributed by atoms with Crippen molar-refractivity contribution in [1.29, 1.82) is 0 Å². The molecule has 0 aromatic heterocycles. The van der Waals surface area contributed by atoms with Gasteiger partial charge in [-0.25, -0.2) is 8.42 Å². The van der Waals surface area contributed by atoms with Crippen molar-refractivity contribution in [3.8, 4) is 0 Å². The van der Waals surface area contributed by atoms with Crippen LogP contribution in [0, 0.1) is 20.8 Å². The highest BCUT2D eigenvalue weighted by Gasteiger charge is 2.33. The number of rotatable bonds is 11. The number of benzene rings is 2. The van der Waals surface area contributed by atoms with Gasteiger partial charge < -0.3 is 10.2 Å². The average molecular weight is 502 g/mol. The van der Waals surface area contributed by atoms with Crippen molar-refractivity contribution in [1.82, 2.24) is 10.2 Å². The Morgan fingerprint density at radius 2 is 1.49 bits per heavy atom. The second-order valence-electron chi connectivity index (χ2n) is 9.20. The lowest BCUT2D eigenvalue weighted by molar-refractivity contribution is -0.140. The first-order valence-corrected chi connectivity index (χ1v) is 13.9. The van der Waals surface area contributed by atoms with Crippen molar-refractivity contribution >= 4 is 27.5 Å². The highest BCUT2D eigenvalue weighted by Crippen LogP contribution is 2.27. The molecule has 0 aliphatic rings. The number of amides is 2. The number of hydrogen-bond acceptors (Lipinski definition) is 4. The van der Waals surface area contributed by atoms with Crippen LogP contribution in [0.3, 0.4) is 0 Å². The molecule has 0 saturated heterocycles. The van der Waals surface area contributed by atoms with Gasteiger partial charge in [-0.3, -0.25) is 13.9 Å². The van der Waals surface area contributed by atoms with Crippen molar-refractivity contribution in [2.45, 2.75) is 73.0 Å². The Morgan fingerprint density at radius 1 is 0.914 bits per heavy atom. The number of nitrogens with zero attached hydrogens (tertiary/aromatic N) is 2. The van der Waals surface area contributed by atoms with Crippen LogP contribution in [-0.4, -0.2) is 50.0 Å². The van der Waals surface area contributed by atoms with Crippen molar-refractivity contribution in [3.05, 3.63) is 64.7 Å². The van der Waals surface area contributed by atoms with E-state index in [9.17, 15) is 18.0 Å². The molecule has 0 radical (unpaired) electrons. The zero-order chi connectivity index (χ0) is 26.3. The monoisotopic (exact) mass is 501 g/mol. The third-order valence-corrected chi connectivity index (χ3v) is 7.47. The van der Waals surface area contributed by atoms with Crippen LogP contribution in [0.5, 0.6) is 0 Å². The molecule has 2 rings (SSSR count). The van der Waals surface area contributed by atoms with Crippen LogP contribution in [0.15, 0.2) is 42.5 Å². The van der Waals surface area contributed by atoms with Gasteiger partial charge in [-0.1, -0.05) is 56.3 Å². The summed E-state index contributed by atoms with van der Waals surface area (Å²) in [6.07, 6.45) is 2.27. The molecule has 35 heavy (non-hydrogen) atoms. The quantitative estimate of drug-likeness (QED) is 0.502. The van der Waals surface area contributed by atoms with Gasteiger partial charge in [0, 0.05) is 12.6 Å². The molecule has 7 nitrogen and oxygen atoms in total. The topological polar surface area (TPSA) is 86.8 Å². The third kappa shape index (κ3) is 7.31. The molecule has 2 aromatic carbocycles. The van der Waals surface area contributed by atoms with Gasteiger partial charge in [0.2, 0.25) is 21.8 Å². The van der Waals surface area contributed by atoms with Gasteiger partial charge >= 0.3 is 0 Å². The third-order valence-electron chi connectivity index (χ3n) is 6.36. The number of carbonyl (C=O) groups excluding carboxylic acids is 2. The molecule has 0 saturated carbocycles. The molecular formula is C27H39N3O4S. The normalized spacial score (nSPS) is 13.1.